The zero-order valence-electron chi connectivity index (χ0n) is 7.66. The van der Waals surface area contributed by atoms with E-state index < -0.39 is 0 Å². The van der Waals surface area contributed by atoms with E-state index in [-0.39, 0.29) is 18.6 Å². The molecule has 0 radical (unpaired) electrons. The number of allylic oxidation sites excluding steroid dienone is 2. The minimum absolute atomic E-state index is 0.104. The van der Waals surface area contributed by atoms with Crippen LogP contribution < -0.4 is 0 Å². The third-order valence-corrected chi connectivity index (χ3v) is 3.10. The molecular weight excluding hydrogens is 152 g/mol. The molecule has 0 aromatic rings. The van der Waals surface area contributed by atoms with Gasteiger partial charge in [-0.3, -0.25) is 0 Å². The minimum atomic E-state index is -0.247. The first-order valence-corrected chi connectivity index (χ1v) is 4.66. The molecule has 0 saturated heterocycles. The van der Waals surface area contributed by atoms with E-state index in [1.807, 2.05) is 0 Å². The van der Waals surface area contributed by atoms with Crippen LogP contribution in [0.25, 0.3) is 0 Å². The number of hydrogen-bond donors (Lipinski definition) is 2. The standard InChI is InChI=1S/C10H18O2/c1-2-9-5-3-4-6-10(9,7-11)8-12/h3-4,9,11-12H,2,5-8H2,1H3. The summed E-state index contributed by atoms with van der Waals surface area (Å²) in [5, 5.41) is 18.5. The first kappa shape index (κ1) is 9.75. The summed E-state index contributed by atoms with van der Waals surface area (Å²) in [5.41, 5.74) is -0.247. The van der Waals surface area contributed by atoms with Gasteiger partial charge in [0.2, 0.25) is 0 Å². The van der Waals surface area contributed by atoms with E-state index in [1.165, 1.54) is 0 Å². The lowest BCUT2D eigenvalue weighted by Crippen LogP contribution is -2.38. The molecule has 0 amide bonds. The van der Waals surface area contributed by atoms with Crippen molar-refractivity contribution in [1.29, 1.82) is 0 Å². The molecule has 2 heteroatoms. The molecule has 1 unspecified atom stereocenters. The molecular formula is C10H18O2. The maximum Gasteiger partial charge on any atom is 0.0515 e. The molecule has 0 heterocycles. The van der Waals surface area contributed by atoms with Crippen molar-refractivity contribution in [3.63, 3.8) is 0 Å². The number of hydrogen-bond acceptors (Lipinski definition) is 2. The molecule has 1 aliphatic carbocycles. The fourth-order valence-electron chi connectivity index (χ4n) is 2.03. The predicted molar refractivity (Wildman–Crippen MR) is 48.8 cm³/mol. The molecule has 12 heavy (non-hydrogen) atoms. The van der Waals surface area contributed by atoms with Crippen molar-refractivity contribution in [1.82, 2.24) is 0 Å². The van der Waals surface area contributed by atoms with Crippen molar-refractivity contribution in [2.45, 2.75) is 26.2 Å². The average molecular weight is 170 g/mol. The van der Waals surface area contributed by atoms with Gasteiger partial charge in [-0.25, -0.2) is 0 Å². The van der Waals surface area contributed by atoms with Crippen LogP contribution in [0.2, 0.25) is 0 Å². The maximum atomic E-state index is 9.25. The van der Waals surface area contributed by atoms with Crippen molar-refractivity contribution in [2.24, 2.45) is 11.3 Å². The van der Waals surface area contributed by atoms with Gasteiger partial charge in [0.05, 0.1) is 13.2 Å². The highest BCUT2D eigenvalue weighted by molar-refractivity contribution is 5.01. The first-order chi connectivity index (χ1) is 5.79. The van der Waals surface area contributed by atoms with Crippen LogP contribution in [0.15, 0.2) is 12.2 Å². The second-order valence-electron chi connectivity index (χ2n) is 3.70. The van der Waals surface area contributed by atoms with Gasteiger partial charge >= 0.3 is 0 Å². The molecule has 1 atom stereocenters. The zero-order valence-corrected chi connectivity index (χ0v) is 7.66. The highest BCUT2D eigenvalue weighted by Gasteiger charge is 2.36. The Hall–Kier alpha value is -0.340. The van der Waals surface area contributed by atoms with E-state index in [9.17, 15) is 10.2 Å². The van der Waals surface area contributed by atoms with Gasteiger partial charge in [-0.1, -0.05) is 25.5 Å². The molecule has 0 spiro atoms. The summed E-state index contributed by atoms with van der Waals surface area (Å²) >= 11 is 0. The van der Waals surface area contributed by atoms with Crippen molar-refractivity contribution in [3.05, 3.63) is 12.2 Å². The van der Waals surface area contributed by atoms with Gasteiger partial charge in [-0.05, 0) is 18.8 Å². The quantitative estimate of drug-likeness (QED) is 0.627. The van der Waals surface area contributed by atoms with Crippen LogP contribution in [0.5, 0.6) is 0 Å². The van der Waals surface area contributed by atoms with E-state index in [1.54, 1.807) is 0 Å². The highest BCUT2D eigenvalue weighted by Crippen LogP contribution is 2.39. The smallest absolute Gasteiger partial charge is 0.0515 e. The third-order valence-electron chi connectivity index (χ3n) is 3.10. The molecule has 1 aliphatic rings. The van der Waals surface area contributed by atoms with Crippen molar-refractivity contribution < 1.29 is 10.2 Å². The van der Waals surface area contributed by atoms with Crippen LogP contribution in [0.3, 0.4) is 0 Å². The van der Waals surface area contributed by atoms with Gasteiger partial charge in [0.15, 0.2) is 0 Å². The van der Waals surface area contributed by atoms with Gasteiger partial charge in [0.25, 0.3) is 0 Å². The molecule has 2 N–H and O–H groups in total. The van der Waals surface area contributed by atoms with Crippen LogP contribution in [0, 0.1) is 11.3 Å². The Kier molecular flexibility index (Phi) is 3.29. The lowest BCUT2D eigenvalue weighted by atomic mass is 9.68. The first-order valence-electron chi connectivity index (χ1n) is 4.66. The molecule has 70 valence electrons. The highest BCUT2D eigenvalue weighted by atomic mass is 16.3. The Morgan fingerprint density at radius 3 is 2.42 bits per heavy atom. The number of aliphatic hydroxyl groups excluding tert-OH is 2. The van der Waals surface area contributed by atoms with Crippen LogP contribution in [-0.2, 0) is 0 Å². The lowest BCUT2D eigenvalue weighted by Gasteiger charge is -2.38. The largest absolute Gasteiger partial charge is 0.396 e. The normalized spacial score (nSPS) is 27.4. The molecule has 0 bridgehead atoms. The summed E-state index contributed by atoms with van der Waals surface area (Å²) in [4.78, 5) is 0. The number of rotatable bonds is 3. The van der Waals surface area contributed by atoms with Crippen LogP contribution in [0.1, 0.15) is 26.2 Å². The molecule has 2 nitrogen and oxygen atoms in total. The monoisotopic (exact) mass is 170 g/mol. The summed E-state index contributed by atoms with van der Waals surface area (Å²) in [6.45, 7) is 2.32. The average Bonchev–Trinajstić information content (AvgIpc) is 2.17. The van der Waals surface area contributed by atoms with Crippen molar-refractivity contribution >= 4 is 0 Å². The fraction of sp³-hybridized carbons (Fsp3) is 0.800. The summed E-state index contributed by atoms with van der Waals surface area (Å²) < 4.78 is 0. The molecule has 0 saturated carbocycles. The van der Waals surface area contributed by atoms with E-state index in [0.29, 0.717) is 5.92 Å². The summed E-state index contributed by atoms with van der Waals surface area (Å²) in [5.74, 6) is 0.442. The Bertz CT molecular complexity index is 159. The molecule has 0 aromatic heterocycles. The summed E-state index contributed by atoms with van der Waals surface area (Å²) in [7, 11) is 0. The van der Waals surface area contributed by atoms with Gasteiger partial charge < -0.3 is 10.2 Å². The molecule has 0 fully saturated rings. The predicted octanol–water partition coefficient (Wildman–Crippen LogP) is 1.33. The second-order valence-corrected chi connectivity index (χ2v) is 3.70. The van der Waals surface area contributed by atoms with Crippen molar-refractivity contribution in [2.75, 3.05) is 13.2 Å². The summed E-state index contributed by atoms with van der Waals surface area (Å²) in [6.07, 6.45) is 7.07. The molecule has 0 aromatic carbocycles. The van der Waals surface area contributed by atoms with Crippen LogP contribution in [-0.4, -0.2) is 23.4 Å². The van der Waals surface area contributed by atoms with E-state index >= 15 is 0 Å². The Morgan fingerprint density at radius 2 is 2.00 bits per heavy atom. The van der Waals surface area contributed by atoms with Crippen LogP contribution in [0.4, 0.5) is 0 Å². The van der Waals surface area contributed by atoms with E-state index in [0.717, 1.165) is 19.3 Å². The Balaban J connectivity index is 2.75. The van der Waals surface area contributed by atoms with Crippen LogP contribution >= 0.6 is 0 Å². The number of aliphatic hydroxyl groups is 2. The summed E-state index contributed by atoms with van der Waals surface area (Å²) in [6, 6.07) is 0. The van der Waals surface area contributed by atoms with Gasteiger partial charge in [-0.2, -0.15) is 0 Å². The topological polar surface area (TPSA) is 40.5 Å². The Morgan fingerprint density at radius 1 is 1.33 bits per heavy atom. The van der Waals surface area contributed by atoms with Gasteiger partial charge in [0, 0.05) is 5.41 Å². The van der Waals surface area contributed by atoms with E-state index in [4.69, 9.17) is 0 Å². The minimum Gasteiger partial charge on any atom is -0.396 e. The third kappa shape index (κ3) is 1.54. The Labute approximate surface area is 73.9 Å². The lowest BCUT2D eigenvalue weighted by molar-refractivity contribution is 0.000808. The fourth-order valence-corrected chi connectivity index (χ4v) is 2.03. The SMILES string of the molecule is CCC1CC=CCC1(CO)CO. The van der Waals surface area contributed by atoms with Crippen molar-refractivity contribution in [3.8, 4) is 0 Å². The second kappa shape index (κ2) is 4.06. The zero-order chi connectivity index (χ0) is 9.03. The maximum absolute atomic E-state index is 9.25. The molecule has 1 rings (SSSR count). The van der Waals surface area contributed by atoms with Gasteiger partial charge in [0.1, 0.15) is 0 Å². The molecule has 0 aliphatic heterocycles. The van der Waals surface area contributed by atoms with E-state index in [2.05, 4.69) is 19.1 Å². The van der Waals surface area contributed by atoms with Gasteiger partial charge in [-0.15, -0.1) is 0 Å².